The van der Waals surface area contributed by atoms with Crippen LogP contribution in [0, 0.1) is 0 Å². The minimum absolute atomic E-state index is 0.538. The molecule has 5 heteroatoms. The van der Waals surface area contributed by atoms with Gasteiger partial charge in [-0.15, -0.1) is 11.3 Å². The summed E-state index contributed by atoms with van der Waals surface area (Å²) in [6.45, 7) is 0. The molecule has 0 amide bonds. The highest BCUT2D eigenvalue weighted by Crippen LogP contribution is 2.41. The molecular formula is C46H27N3OS. The van der Waals surface area contributed by atoms with Crippen LogP contribution in [0.25, 0.3) is 103 Å². The zero-order chi connectivity index (χ0) is 33.5. The van der Waals surface area contributed by atoms with E-state index in [2.05, 4.69) is 162 Å². The molecule has 0 saturated carbocycles. The lowest BCUT2D eigenvalue weighted by atomic mass is 10.00. The highest BCUT2D eigenvalue weighted by molar-refractivity contribution is 7.26. The highest BCUT2D eigenvalue weighted by atomic mass is 32.1. The van der Waals surface area contributed by atoms with Crippen LogP contribution in [-0.2, 0) is 0 Å². The van der Waals surface area contributed by atoms with Gasteiger partial charge in [0.15, 0.2) is 0 Å². The van der Waals surface area contributed by atoms with Crippen LogP contribution in [-0.4, -0.2) is 14.5 Å². The van der Waals surface area contributed by atoms with Crippen molar-refractivity contribution in [1.82, 2.24) is 14.5 Å². The van der Waals surface area contributed by atoms with Crippen LogP contribution < -0.4 is 0 Å². The predicted octanol–water partition coefficient (Wildman–Crippen LogP) is 12.8. The molecule has 0 saturated heterocycles. The van der Waals surface area contributed by atoms with E-state index in [1.54, 1.807) is 0 Å². The quantitative estimate of drug-likeness (QED) is 0.187. The Morgan fingerprint density at radius 3 is 2.06 bits per heavy atom. The van der Waals surface area contributed by atoms with Gasteiger partial charge < -0.3 is 8.98 Å². The van der Waals surface area contributed by atoms with Gasteiger partial charge in [-0.3, -0.25) is 0 Å². The third-order valence-corrected chi connectivity index (χ3v) is 11.3. The number of para-hydroxylation sites is 2. The number of fused-ring (bicyclic) bond motifs is 9. The Balaban J connectivity index is 0.977. The normalized spacial score (nSPS) is 11.9. The number of thiophene rings is 1. The second-order valence-electron chi connectivity index (χ2n) is 13.0. The SMILES string of the molecule is c1cc(-c2cnc3oc4cc(-c5cccc(-n6c7ccccc7c7ccccc76)c5)ccc4c3n2)cc(-c2cccc3c2sc2ccccc23)c1. The molecule has 11 rings (SSSR count). The maximum atomic E-state index is 6.32. The molecule has 11 aromatic rings. The molecule has 0 N–H and O–H groups in total. The van der Waals surface area contributed by atoms with E-state index in [9.17, 15) is 0 Å². The topological polar surface area (TPSA) is 43.9 Å². The summed E-state index contributed by atoms with van der Waals surface area (Å²) >= 11 is 1.85. The molecule has 238 valence electrons. The first kappa shape index (κ1) is 28.3. The van der Waals surface area contributed by atoms with Crippen LogP contribution in [0.1, 0.15) is 0 Å². The van der Waals surface area contributed by atoms with Crippen LogP contribution in [0.15, 0.2) is 168 Å². The molecule has 4 aromatic heterocycles. The standard InChI is InChI=1S/C46H27N3OS/c1-4-19-40-34(14-1)35-15-2-5-20-41(35)49(40)32-13-8-10-28(25-32)29-22-23-38-42(26-29)50-46-44(38)48-39(27-47-46)31-12-7-11-30(24-31)33-17-9-18-37-36-16-3-6-21-43(36)51-45(33)37/h1-27H. The summed E-state index contributed by atoms with van der Waals surface area (Å²) in [4.78, 5) is 9.87. The van der Waals surface area contributed by atoms with Gasteiger partial charge in [-0.2, -0.15) is 0 Å². The van der Waals surface area contributed by atoms with E-state index in [1.165, 1.54) is 47.5 Å². The molecule has 0 atom stereocenters. The average molecular weight is 670 g/mol. The van der Waals surface area contributed by atoms with Gasteiger partial charge in [-0.25, -0.2) is 9.97 Å². The second kappa shape index (κ2) is 11.0. The number of hydrogen-bond donors (Lipinski definition) is 0. The fraction of sp³-hybridized carbons (Fsp3) is 0. The van der Waals surface area contributed by atoms with Gasteiger partial charge in [0.1, 0.15) is 11.1 Å². The number of nitrogens with zero attached hydrogens (tertiary/aromatic N) is 3. The Bertz CT molecular complexity index is 3110. The molecule has 0 spiro atoms. The average Bonchev–Trinajstić information content (AvgIpc) is 3.87. The second-order valence-corrected chi connectivity index (χ2v) is 14.1. The monoisotopic (exact) mass is 669 g/mol. The largest absolute Gasteiger partial charge is 0.436 e. The molecule has 0 unspecified atom stereocenters. The summed E-state index contributed by atoms with van der Waals surface area (Å²) in [5.74, 6) is 0. The van der Waals surface area contributed by atoms with E-state index < -0.39 is 0 Å². The minimum atomic E-state index is 0.538. The van der Waals surface area contributed by atoms with Crippen molar-refractivity contribution in [2.75, 3.05) is 0 Å². The van der Waals surface area contributed by atoms with Crippen LogP contribution in [0.4, 0.5) is 0 Å². The summed E-state index contributed by atoms with van der Waals surface area (Å²) in [6.07, 6.45) is 1.82. The summed E-state index contributed by atoms with van der Waals surface area (Å²) in [6, 6.07) is 56.1. The Labute approximate surface area is 296 Å². The molecule has 0 aliphatic carbocycles. The first-order chi connectivity index (χ1) is 25.3. The number of benzene rings is 7. The smallest absolute Gasteiger partial charge is 0.246 e. The van der Waals surface area contributed by atoms with Gasteiger partial charge in [-0.05, 0) is 70.8 Å². The summed E-state index contributed by atoms with van der Waals surface area (Å²) < 4.78 is 11.3. The van der Waals surface area contributed by atoms with Crippen molar-refractivity contribution < 1.29 is 4.42 Å². The Morgan fingerprint density at radius 1 is 0.510 bits per heavy atom. The molecule has 0 radical (unpaired) electrons. The van der Waals surface area contributed by atoms with Gasteiger partial charge in [0.05, 0.1) is 22.9 Å². The van der Waals surface area contributed by atoms with Crippen molar-refractivity contribution in [1.29, 1.82) is 0 Å². The lowest BCUT2D eigenvalue weighted by Gasteiger charge is -2.10. The van der Waals surface area contributed by atoms with Gasteiger partial charge in [0.25, 0.3) is 0 Å². The molecule has 4 heterocycles. The molecule has 0 aliphatic heterocycles. The lowest BCUT2D eigenvalue weighted by Crippen LogP contribution is -1.94. The number of aromatic nitrogens is 3. The minimum Gasteiger partial charge on any atom is -0.436 e. The van der Waals surface area contributed by atoms with Crippen molar-refractivity contribution in [3.8, 4) is 39.2 Å². The molecule has 0 bridgehead atoms. The van der Waals surface area contributed by atoms with Crippen molar-refractivity contribution in [2.45, 2.75) is 0 Å². The summed E-state index contributed by atoms with van der Waals surface area (Å²) in [5, 5.41) is 6.05. The maximum Gasteiger partial charge on any atom is 0.246 e. The van der Waals surface area contributed by atoms with Gasteiger partial charge >= 0.3 is 0 Å². The van der Waals surface area contributed by atoms with E-state index in [0.717, 1.165) is 50.1 Å². The van der Waals surface area contributed by atoms with Crippen molar-refractivity contribution >= 4 is 75.5 Å². The van der Waals surface area contributed by atoms with Gasteiger partial charge in [0.2, 0.25) is 5.71 Å². The highest BCUT2D eigenvalue weighted by Gasteiger charge is 2.16. The first-order valence-corrected chi connectivity index (χ1v) is 17.9. The lowest BCUT2D eigenvalue weighted by molar-refractivity contribution is 0.653. The zero-order valence-corrected chi connectivity index (χ0v) is 28.1. The van der Waals surface area contributed by atoms with E-state index in [-0.39, 0.29) is 0 Å². The molecule has 7 aromatic carbocycles. The molecule has 0 fully saturated rings. The first-order valence-electron chi connectivity index (χ1n) is 17.1. The number of rotatable bonds is 4. The van der Waals surface area contributed by atoms with Crippen LogP contribution in [0.2, 0.25) is 0 Å². The predicted molar refractivity (Wildman–Crippen MR) is 213 cm³/mol. The summed E-state index contributed by atoms with van der Waals surface area (Å²) in [7, 11) is 0. The molecule has 51 heavy (non-hydrogen) atoms. The molecule has 4 nitrogen and oxygen atoms in total. The van der Waals surface area contributed by atoms with Crippen LogP contribution in [0.3, 0.4) is 0 Å². The van der Waals surface area contributed by atoms with Crippen molar-refractivity contribution in [2.24, 2.45) is 0 Å². The fourth-order valence-electron chi connectivity index (χ4n) is 7.70. The van der Waals surface area contributed by atoms with E-state index in [0.29, 0.717) is 5.71 Å². The van der Waals surface area contributed by atoms with E-state index in [1.807, 2.05) is 17.5 Å². The Morgan fingerprint density at radius 2 is 1.20 bits per heavy atom. The Hall–Kier alpha value is -6.56. The van der Waals surface area contributed by atoms with Gasteiger partial charge in [0, 0.05) is 47.6 Å². The van der Waals surface area contributed by atoms with E-state index >= 15 is 0 Å². The number of hydrogen-bond acceptors (Lipinski definition) is 4. The van der Waals surface area contributed by atoms with Crippen LogP contribution in [0.5, 0.6) is 0 Å². The summed E-state index contributed by atoms with van der Waals surface area (Å²) in [5.41, 5.74) is 12.0. The third-order valence-electron chi connectivity index (χ3n) is 10.1. The molecular weight excluding hydrogens is 643 g/mol. The van der Waals surface area contributed by atoms with Gasteiger partial charge in [-0.1, -0.05) is 109 Å². The van der Waals surface area contributed by atoms with Crippen LogP contribution >= 0.6 is 11.3 Å². The molecule has 0 aliphatic rings. The van der Waals surface area contributed by atoms with Crippen molar-refractivity contribution in [3.63, 3.8) is 0 Å². The third kappa shape index (κ3) is 4.38. The number of furan rings is 1. The van der Waals surface area contributed by atoms with E-state index in [4.69, 9.17) is 14.4 Å². The fourth-order valence-corrected chi connectivity index (χ4v) is 8.94. The van der Waals surface area contributed by atoms with Crippen molar-refractivity contribution in [3.05, 3.63) is 164 Å². The Kier molecular flexibility index (Phi) is 6.09. The zero-order valence-electron chi connectivity index (χ0n) is 27.2. The maximum absolute atomic E-state index is 6.32.